The molecule has 0 aromatic heterocycles. The van der Waals surface area contributed by atoms with Crippen LogP contribution in [0, 0.1) is 12.7 Å². The van der Waals surface area contributed by atoms with Gasteiger partial charge in [-0.25, -0.2) is 12.8 Å². The van der Waals surface area contributed by atoms with Crippen LogP contribution in [-0.2, 0) is 27.7 Å². The van der Waals surface area contributed by atoms with Crippen molar-refractivity contribution in [3.63, 3.8) is 0 Å². The van der Waals surface area contributed by atoms with Crippen LogP contribution in [0.15, 0.2) is 65.7 Å². The summed E-state index contributed by atoms with van der Waals surface area (Å²) in [6.07, 6.45) is 3.82. The summed E-state index contributed by atoms with van der Waals surface area (Å²) in [7, 11) is -3.79. The van der Waals surface area contributed by atoms with Gasteiger partial charge in [0.05, 0.1) is 11.4 Å². The molecule has 0 heterocycles. The first-order chi connectivity index (χ1) is 14.7. The maximum absolute atomic E-state index is 13.8. The second-order valence-corrected chi connectivity index (χ2v) is 9.16. The van der Waals surface area contributed by atoms with Gasteiger partial charge in [-0.15, -0.1) is 0 Å². The summed E-state index contributed by atoms with van der Waals surface area (Å²) in [5.41, 5.74) is 2.31. The zero-order valence-electron chi connectivity index (χ0n) is 16.7. The van der Waals surface area contributed by atoms with Gasteiger partial charge in [0.25, 0.3) is 10.0 Å². The van der Waals surface area contributed by atoms with Crippen LogP contribution in [0.5, 0.6) is 0 Å². The van der Waals surface area contributed by atoms with E-state index in [1.807, 2.05) is 6.92 Å². The van der Waals surface area contributed by atoms with Crippen molar-refractivity contribution in [2.45, 2.75) is 31.1 Å². The van der Waals surface area contributed by atoms with Crippen LogP contribution in [0.25, 0.3) is 10.8 Å². The molecule has 3 rings (SSSR count). The van der Waals surface area contributed by atoms with Crippen molar-refractivity contribution < 1.29 is 22.7 Å². The number of nitrogens with one attached hydrogen (secondary N) is 1. The summed E-state index contributed by atoms with van der Waals surface area (Å²) in [5, 5.41) is 10.8. The molecule has 0 saturated heterocycles. The summed E-state index contributed by atoms with van der Waals surface area (Å²) >= 11 is 5.95. The molecule has 5 nitrogen and oxygen atoms in total. The Balaban J connectivity index is 1.80. The Morgan fingerprint density at radius 3 is 2.65 bits per heavy atom. The highest BCUT2D eigenvalue weighted by atomic mass is 35.5. The second kappa shape index (κ2) is 9.49. The van der Waals surface area contributed by atoms with Gasteiger partial charge >= 0.3 is 5.97 Å². The Bertz CT molecular complexity index is 1270. The molecule has 3 aromatic rings. The molecule has 0 aliphatic carbocycles. The van der Waals surface area contributed by atoms with Gasteiger partial charge in [0, 0.05) is 6.20 Å². The molecule has 162 valence electrons. The van der Waals surface area contributed by atoms with Gasteiger partial charge in [-0.05, 0) is 71.5 Å². The molecule has 3 aromatic carbocycles. The van der Waals surface area contributed by atoms with E-state index in [9.17, 15) is 22.7 Å². The molecular formula is C23H21ClFNO4S. The highest BCUT2D eigenvalue weighted by Crippen LogP contribution is 2.28. The predicted octanol–water partition coefficient (Wildman–Crippen LogP) is 4.99. The van der Waals surface area contributed by atoms with Gasteiger partial charge in [-0.3, -0.25) is 9.52 Å². The van der Waals surface area contributed by atoms with Crippen LogP contribution >= 0.6 is 11.6 Å². The Hall–Kier alpha value is -2.90. The normalized spacial score (nSPS) is 11.8. The summed E-state index contributed by atoms with van der Waals surface area (Å²) in [6, 6.07) is 12.3. The number of halogens is 2. The lowest BCUT2D eigenvalue weighted by molar-refractivity contribution is -0.136. The van der Waals surface area contributed by atoms with E-state index >= 15 is 0 Å². The molecule has 31 heavy (non-hydrogen) atoms. The molecule has 0 bridgehead atoms. The monoisotopic (exact) mass is 461 g/mol. The molecule has 0 amide bonds. The standard InChI is InChI=1S/C23H21ClFNO4S/c1-15-17(13-23(27)28)12-16-9-10-18(25)14-20(16)19(15)6-4-5-11-26-31(29,30)22-8-3-2-7-21(22)24/h2-3,5,7-12,14,26H,4,6,13H2,1H3,(H,27,28)/b11-5-. The van der Waals surface area contributed by atoms with E-state index in [4.69, 9.17) is 11.6 Å². The summed E-state index contributed by atoms with van der Waals surface area (Å²) in [5.74, 6) is -1.31. The van der Waals surface area contributed by atoms with Crippen LogP contribution in [0.1, 0.15) is 23.1 Å². The SMILES string of the molecule is Cc1c(CC(=O)O)cc2ccc(F)cc2c1CC/C=C\NS(=O)(=O)c1ccccc1Cl. The fourth-order valence-electron chi connectivity index (χ4n) is 3.45. The highest BCUT2D eigenvalue weighted by molar-refractivity contribution is 7.89. The first-order valence-electron chi connectivity index (χ1n) is 9.53. The molecule has 0 aliphatic rings. The fraction of sp³-hybridized carbons (Fsp3) is 0.174. The largest absolute Gasteiger partial charge is 0.481 e. The van der Waals surface area contributed by atoms with Gasteiger partial charge in [-0.2, -0.15) is 0 Å². The maximum atomic E-state index is 13.8. The fourth-order valence-corrected chi connectivity index (χ4v) is 4.88. The first-order valence-corrected chi connectivity index (χ1v) is 11.4. The van der Waals surface area contributed by atoms with Gasteiger partial charge < -0.3 is 5.11 Å². The third-order valence-electron chi connectivity index (χ3n) is 4.97. The van der Waals surface area contributed by atoms with Crippen LogP contribution in [0.4, 0.5) is 4.39 Å². The topological polar surface area (TPSA) is 83.5 Å². The Morgan fingerprint density at radius 1 is 1.19 bits per heavy atom. The number of sulfonamides is 1. The molecule has 0 fully saturated rings. The number of rotatable bonds is 8. The molecule has 2 N–H and O–H groups in total. The Kier molecular flexibility index (Phi) is 6.97. The molecule has 0 saturated carbocycles. The molecular weight excluding hydrogens is 441 g/mol. The smallest absolute Gasteiger partial charge is 0.307 e. The van der Waals surface area contributed by atoms with E-state index in [1.165, 1.54) is 30.5 Å². The molecule has 0 atom stereocenters. The minimum Gasteiger partial charge on any atom is -0.481 e. The lowest BCUT2D eigenvalue weighted by Gasteiger charge is -2.14. The van der Waals surface area contributed by atoms with Crippen molar-refractivity contribution in [3.8, 4) is 0 Å². The van der Waals surface area contributed by atoms with E-state index in [2.05, 4.69) is 4.72 Å². The van der Waals surface area contributed by atoms with Crippen molar-refractivity contribution in [1.82, 2.24) is 4.72 Å². The average molecular weight is 462 g/mol. The molecule has 0 spiro atoms. The number of hydrogen-bond donors (Lipinski definition) is 2. The second-order valence-electron chi connectivity index (χ2n) is 7.07. The Morgan fingerprint density at radius 2 is 1.94 bits per heavy atom. The highest BCUT2D eigenvalue weighted by Gasteiger charge is 2.15. The predicted molar refractivity (Wildman–Crippen MR) is 119 cm³/mol. The van der Waals surface area contributed by atoms with Gasteiger partial charge in [-0.1, -0.05) is 41.9 Å². The average Bonchev–Trinajstić information content (AvgIpc) is 2.70. The van der Waals surface area contributed by atoms with Crippen LogP contribution < -0.4 is 4.72 Å². The van der Waals surface area contributed by atoms with E-state index in [0.29, 0.717) is 18.4 Å². The zero-order chi connectivity index (χ0) is 22.6. The molecule has 0 radical (unpaired) electrons. The van der Waals surface area contributed by atoms with Gasteiger partial charge in [0.2, 0.25) is 0 Å². The number of carboxylic acids is 1. The Labute approximate surface area is 185 Å². The number of carbonyl (C=O) groups is 1. The minimum absolute atomic E-state index is 0.0139. The number of allylic oxidation sites excluding steroid dienone is 1. The van der Waals surface area contributed by atoms with Crippen LogP contribution in [0.3, 0.4) is 0 Å². The lowest BCUT2D eigenvalue weighted by Crippen LogP contribution is -2.18. The van der Waals surface area contributed by atoms with Crippen molar-refractivity contribution in [1.29, 1.82) is 0 Å². The summed E-state index contributed by atoms with van der Waals surface area (Å²) in [4.78, 5) is 11.2. The van der Waals surface area contributed by atoms with Gasteiger partial charge in [0.1, 0.15) is 10.7 Å². The first kappa shape index (κ1) is 22.8. The zero-order valence-corrected chi connectivity index (χ0v) is 18.3. The molecule has 8 heteroatoms. The number of aryl methyl sites for hydroxylation is 1. The number of hydrogen-bond acceptors (Lipinski definition) is 3. The van der Waals surface area contributed by atoms with Crippen molar-refractivity contribution >= 4 is 38.4 Å². The van der Waals surface area contributed by atoms with Gasteiger partial charge in [0.15, 0.2) is 0 Å². The van der Waals surface area contributed by atoms with E-state index in [1.54, 1.807) is 30.3 Å². The summed E-state index contributed by atoms with van der Waals surface area (Å²) < 4.78 is 40.9. The van der Waals surface area contributed by atoms with E-state index < -0.39 is 16.0 Å². The number of carboxylic acid groups (broad SMARTS) is 1. The number of benzene rings is 3. The third kappa shape index (κ3) is 5.42. The van der Waals surface area contributed by atoms with Crippen molar-refractivity contribution in [2.24, 2.45) is 0 Å². The quantitative estimate of drug-likeness (QED) is 0.495. The van der Waals surface area contributed by atoms with E-state index in [-0.39, 0.29) is 22.2 Å². The number of fused-ring (bicyclic) bond motifs is 1. The lowest BCUT2D eigenvalue weighted by atomic mass is 9.91. The molecule has 0 aliphatic heterocycles. The van der Waals surface area contributed by atoms with Crippen LogP contribution in [-0.4, -0.2) is 19.5 Å². The molecule has 0 unspecified atom stereocenters. The summed E-state index contributed by atoms with van der Waals surface area (Å²) in [6.45, 7) is 1.82. The van der Waals surface area contributed by atoms with Crippen molar-refractivity contribution in [2.75, 3.05) is 0 Å². The van der Waals surface area contributed by atoms with E-state index in [0.717, 1.165) is 21.9 Å². The maximum Gasteiger partial charge on any atom is 0.307 e. The van der Waals surface area contributed by atoms with Crippen LogP contribution in [0.2, 0.25) is 5.02 Å². The number of aliphatic carboxylic acids is 1. The van der Waals surface area contributed by atoms with Crippen molar-refractivity contribution in [3.05, 3.63) is 88.3 Å². The minimum atomic E-state index is -3.79. The third-order valence-corrected chi connectivity index (χ3v) is 6.80.